The maximum Gasteiger partial charge on any atom is 0.390 e. The van der Waals surface area contributed by atoms with Gasteiger partial charge in [0.2, 0.25) is 0 Å². The molecular weight excluding hydrogens is 231 g/mol. The largest absolute Gasteiger partial charge is 0.492 e. The maximum atomic E-state index is 11.8. The molecule has 0 aliphatic carbocycles. The van der Waals surface area contributed by atoms with Gasteiger partial charge in [0.15, 0.2) is 0 Å². The molecule has 1 aromatic rings. The van der Waals surface area contributed by atoms with Crippen LogP contribution in [0.15, 0.2) is 24.3 Å². The van der Waals surface area contributed by atoms with Gasteiger partial charge >= 0.3 is 6.18 Å². The van der Waals surface area contributed by atoms with Gasteiger partial charge in [-0.1, -0.05) is 17.7 Å². The molecule has 1 rings (SSSR count). The Kier molecular flexibility index (Phi) is 5.28. The first-order valence-corrected chi connectivity index (χ1v) is 5.44. The summed E-state index contributed by atoms with van der Waals surface area (Å²) in [6, 6.07) is 7.52. The second-order valence-corrected chi connectivity index (χ2v) is 3.78. The summed E-state index contributed by atoms with van der Waals surface area (Å²) >= 11 is 0. The zero-order valence-electron chi connectivity index (χ0n) is 9.68. The van der Waals surface area contributed by atoms with E-state index in [1.165, 1.54) is 0 Å². The van der Waals surface area contributed by atoms with Crippen LogP contribution in [0.1, 0.15) is 12.0 Å². The van der Waals surface area contributed by atoms with Gasteiger partial charge < -0.3 is 10.1 Å². The number of alkyl halides is 3. The summed E-state index contributed by atoms with van der Waals surface area (Å²) in [6.45, 7) is 2.67. The van der Waals surface area contributed by atoms with Crippen molar-refractivity contribution in [1.82, 2.24) is 5.32 Å². The lowest BCUT2D eigenvalue weighted by Gasteiger charge is -2.09. The van der Waals surface area contributed by atoms with Gasteiger partial charge in [-0.05, 0) is 19.1 Å². The van der Waals surface area contributed by atoms with E-state index in [0.29, 0.717) is 13.2 Å². The molecule has 0 aliphatic heterocycles. The fraction of sp³-hybridized carbons (Fsp3) is 0.500. The fourth-order valence-electron chi connectivity index (χ4n) is 1.23. The highest BCUT2D eigenvalue weighted by molar-refractivity contribution is 5.26. The molecule has 0 aromatic heterocycles. The molecule has 0 bridgehead atoms. The molecule has 0 spiro atoms. The van der Waals surface area contributed by atoms with E-state index in [9.17, 15) is 13.2 Å². The first-order chi connectivity index (χ1) is 7.97. The first-order valence-electron chi connectivity index (χ1n) is 5.44. The van der Waals surface area contributed by atoms with Crippen LogP contribution in [0.25, 0.3) is 0 Å². The summed E-state index contributed by atoms with van der Waals surface area (Å²) in [4.78, 5) is 0. The van der Waals surface area contributed by atoms with Crippen LogP contribution < -0.4 is 10.1 Å². The van der Waals surface area contributed by atoms with Crippen molar-refractivity contribution in [2.75, 3.05) is 19.7 Å². The highest BCUT2D eigenvalue weighted by atomic mass is 19.4. The Morgan fingerprint density at radius 3 is 2.35 bits per heavy atom. The Hall–Kier alpha value is -1.23. The van der Waals surface area contributed by atoms with Crippen LogP contribution in [0.3, 0.4) is 0 Å². The van der Waals surface area contributed by atoms with Gasteiger partial charge in [0.1, 0.15) is 12.4 Å². The molecule has 0 saturated heterocycles. The normalized spacial score (nSPS) is 11.5. The fourth-order valence-corrected chi connectivity index (χ4v) is 1.23. The van der Waals surface area contributed by atoms with E-state index in [4.69, 9.17) is 4.74 Å². The lowest BCUT2D eigenvalue weighted by Crippen LogP contribution is -2.25. The molecule has 0 heterocycles. The second-order valence-electron chi connectivity index (χ2n) is 3.78. The van der Waals surface area contributed by atoms with Crippen LogP contribution in [-0.2, 0) is 0 Å². The zero-order valence-corrected chi connectivity index (χ0v) is 9.68. The van der Waals surface area contributed by atoms with E-state index in [1.807, 2.05) is 31.2 Å². The van der Waals surface area contributed by atoms with Crippen LogP contribution in [-0.4, -0.2) is 25.9 Å². The van der Waals surface area contributed by atoms with Crippen molar-refractivity contribution in [3.05, 3.63) is 29.8 Å². The van der Waals surface area contributed by atoms with Gasteiger partial charge in [0.25, 0.3) is 0 Å². The number of hydrogen-bond donors (Lipinski definition) is 1. The second kappa shape index (κ2) is 6.49. The quantitative estimate of drug-likeness (QED) is 0.780. The number of rotatable bonds is 6. The molecule has 1 aromatic carbocycles. The van der Waals surface area contributed by atoms with Gasteiger partial charge in [-0.3, -0.25) is 0 Å². The Bertz CT molecular complexity index is 322. The molecule has 5 heteroatoms. The molecule has 0 fully saturated rings. The number of ether oxygens (including phenoxy) is 1. The van der Waals surface area contributed by atoms with Crippen molar-refractivity contribution < 1.29 is 17.9 Å². The van der Waals surface area contributed by atoms with Crippen molar-refractivity contribution in [3.63, 3.8) is 0 Å². The molecule has 0 unspecified atom stereocenters. The number of hydrogen-bond acceptors (Lipinski definition) is 2. The predicted molar refractivity (Wildman–Crippen MR) is 60.2 cm³/mol. The topological polar surface area (TPSA) is 21.3 Å². The van der Waals surface area contributed by atoms with Gasteiger partial charge in [-0.25, -0.2) is 0 Å². The molecule has 96 valence electrons. The van der Waals surface area contributed by atoms with Crippen LogP contribution in [0, 0.1) is 6.92 Å². The standard InChI is InChI=1S/C12H16F3NO/c1-10-2-4-11(5-3-10)17-9-8-16-7-6-12(13,14)15/h2-5,16H,6-9H2,1H3. The molecule has 2 nitrogen and oxygen atoms in total. The van der Waals surface area contributed by atoms with Crippen LogP contribution in [0.2, 0.25) is 0 Å². The Morgan fingerprint density at radius 1 is 1.12 bits per heavy atom. The van der Waals surface area contributed by atoms with Crippen molar-refractivity contribution in [1.29, 1.82) is 0 Å². The maximum absolute atomic E-state index is 11.8. The van der Waals surface area contributed by atoms with Crippen molar-refractivity contribution >= 4 is 0 Å². The molecule has 0 amide bonds. The van der Waals surface area contributed by atoms with E-state index < -0.39 is 12.6 Å². The smallest absolute Gasteiger partial charge is 0.390 e. The lowest BCUT2D eigenvalue weighted by molar-refractivity contribution is -0.133. The van der Waals surface area contributed by atoms with Gasteiger partial charge in [-0.2, -0.15) is 13.2 Å². The Balaban J connectivity index is 2.07. The summed E-state index contributed by atoms with van der Waals surface area (Å²) in [5.41, 5.74) is 1.14. The van der Waals surface area contributed by atoms with Gasteiger partial charge in [0.05, 0.1) is 6.42 Å². The highest BCUT2D eigenvalue weighted by Gasteiger charge is 2.25. The third-order valence-corrected chi connectivity index (χ3v) is 2.15. The Labute approximate surface area is 98.8 Å². The van der Waals surface area contributed by atoms with Gasteiger partial charge in [-0.15, -0.1) is 0 Å². The van der Waals surface area contributed by atoms with Crippen LogP contribution >= 0.6 is 0 Å². The zero-order chi connectivity index (χ0) is 12.7. The van der Waals surface area contributed by atoms with Gasteiger partial charge in [0, 0.05) is 13.1 Å². The van der Waals surface area contributed by atoms with Crippen molar-refractivity contribution in [2.45, 2.75) is 19.5 Å². The minimum atomic E-state index is -4.09. The molecule has 0 aliphatic rings. The number of nitrogens with one attached hydrogen (secondary N) is 1. The molecule has 0 atom stereocenters. The van der Waals surface area contributed by atoms with E-state index in [2.05, 4.69) is 5.32 Å². The number of aryl methyl sites for hydroxylation is 1. The molecular formula is C12H16F3NO. The van der Waals surface area contributed by atoms with Crippen molar-refractivity contribution in [2.24, 2.45) is 0 Å². The third kappa shape index (κ3) is 6.84. The number of benzene rings is 1. The average molecular weight is 247 g/mol. The van der Waals surface area contributed by atoms with Crippen LogP contribution in [0.4, 0.5) is 13.2 Å². The first kappa shape index (κ1) is 13.8. The summed E-state index contributed by atoms with van der Waals surface area (Å²) < 4.78 is 40.7. The van der Waals surface area contributed by atoms with E-state index in [0.717, 1.165) is 11.3 Å². The highest BCUT2D eigenvalue weighted by Crippen LogP contribution is 2.18. The summed E-state index contributed by atoms with van der Waals surface area (Å²) in [5, 5.41) is 2.68. The average Bonchev–Trinajstić information content (AvgIpc) is 2.24. The summed E-state index contributed by atoms with van der Waals surface area (Å²) in [5.74, 6) is 0.730. The van der Waals surface area contributed by atoms with E-state index in [1.54, 1.807) is 0 Å². The summed E-state index contributed by atoms with van der Waals surface area (Å²) in [6.07, 6.45) is -4.90. The Morgan fingerprint density at radius 2 is 1.76 bits per heavy atom. The molecule has 0 saturated carbocycles. The SMILES string of the molecule is Cc1ccc(OCCNCCC(F)(F)F)cc1. The molecule has 1 N–H and O–H groups in total. The third-order valence-electron chi connectivity index (χ3n) is 2.15. The molecule has 0 radical (unpaired) electrons. The van der Waals surface area contributed by atoms with Crippen LogP contribution in [0.5, 0.6) is 5.75 Å². The van der Waals surface area contributed by atoms with E-state index >= 15 is 0 Å². The monoisotopic (exact) mass is 247 g/mol. The molecule has 17 heavy (non-hydrogen) atoms. The minimum absolute atomic E-state index is 0.0687. The van der Waals surface area contributed by atoms with Crippen molar-refractivity contribution in [3.8, 4) is 5.75 Å². The van der Waals surface area contributed by atoms with E-state index in [-0.39, 0.29) is 6.54 Å². The predicted octanol–water partition coefficient (Wildman–Crippen LogP) is 2.92. The summed E-state index contributed by atoms with van der Waals surface area (Å²) in [7, 11) is 0. The number of halogens is 3. The minimum Gasteiger partial charge on any atom is -0.492 e. The lowest BCUT2D eigenvalue weighted by atomic mass is 10.2.